The van der Waals surface area contributed by atoms with Crippen LogP contribution in [0.4, 0.5) is 5.82 Å². The van der Waals surface area contributed by atoms with E-state index in [2.05, 4.69) is 19.9 Å². The minimum absolute atomic E-state index is 0.248. The van der Waals surface area contributed by atoms with Gasteiger partial charge in [-0.25, -0.2) is 15.0 Å². The van der Waals surface area contributed by atoms with Crippen molar-refractivity contribution in [2.75, 3.05) is 38.5 Å². The van der Waals surface area contributed by atoms with Crippen LogP contribution in [0.5, 0.6) is 0 Å². The third kappa shape index (κ3) is 4.18. The van der Waals surface area contributed by atoms with Crippen LogP contribution in [0.2, 0.25) is 0 Å². The Kier molecular flexibility index (Phi) is 6.52. The summed E-state index contributed by atoms with van der Waals surface area (Å²) in [6.07, 6.45) is 1.13. The highest BCUT2D eigenvalue weighted by atomic mass is 16.6. The molecule has 3 heterocycles. The van der Waals surface area contributed by atoms with Gasteiger partial charge < -0.3 is 32.2 Å². The molecule has 0 saturated carbocycles. The molecule has 11 nitrogen and oxygen atoms in total. The first-order valence-corrected chi connectivity index (χ1v) is 9.14. The first-order chi connectivity index (χ1) is 13.1. The highest BCUT2D eigenvalue weighted by molar-refractivity contribution is 5.81. The van der Waals surface area contributed by atoms with Gasteiger partial charge in [-0.15, -0.1) is 0 Å². The molecule has 0 aliphatic carbocycles. The lowest BCUT2D eigenvalue weighted by Gasteiger charge is -2.26. The first kappa shape index (κ1) is 19.9. The van der Waals surface area contributed by atoms with Crippen LogP contribution in [0.25, 0.3) is 11.2 Å². The number of aliphatic hydroxyl groups is 2. The Morgan fingerprint density at radius 1 is 1.07 bits per heavy atom. The van der Waals surface area contributed by atoms with Crippen LogP contribution in [0.1, 0.15) is 19.1 Å². The lowest BCUT2D eigenvalue weighted by atomic mass is 10.1. The Bertz CT molecular complexity index is 742. The van der Waals surface area contributed by atoms with E-state index in [1.165, 1.54) is 12.7 Å². The fourth-order valence-corrected chi connectivity index (χ4v) is 3.38. The smallest absolute Gasteiger partial charge is 0.167 e. The van der Waals surface area contributed by atoms with Gasteiger partial charge in [-0.1, -0.05) is 0 Å². The van der Waals surface area contributed by atoms with Crippen molar-refractivity contribution in [1.29, 1.82) is 0 Å². The van der Waals surface area contributed by atoms with Gasteiger partial charge >= 0.3 is 0 Å². The van der Waals surface area contributed by atoms with Crippen molar-refractivity contribution in [2.45, 2.75) is 37.4 Å². The van der Waals surface area contributed by atoms with Gasteiger partial charge in [-0.2, -0.15) is 0 Å². The summed E-state index contributed by atoms with van der Waals surface area (Å²) in [5.41, 5.74) is 17.9. The zero-order valence-corrected chi connectivity index (χ0v) is 15.2. The summed E-state index contributed by atoms with van der Waals surface area (Å²) in [6.45, 7) is 3.08. The van der Waals surface area contributed by atoms with Crippen molar-refractivity contribution >= 4 is 17.0 Å². The average molecular weight is 380 g/mol. The number of hydrogen-bond donors (Lipinski definition) is 5. The van der Waals surface area contributed by atoms with E-state index in [1.54, 1.807) is 4.57 Å². The summed E-state index contributed by atoms with van der Waals surface area (Å²) < 4.78 is 7.55. The van der Waals surface area contributed by atoms with E-state index in [-0.39, 0.29) is 5.82 Å². The van der Waals surface area contributed by atoms with Crippen LogP contribution >= 0.6 is 0 Å². The molecule has 8 N–H and O–H groups in total. The topological polar surface area (TPSA) is 175 Å². The summed E-state index contributed by atoms with van der Waals surface area (Å²) in [5.74, 6) is 0.248. The highest BCUT2D eigenvalue weighted by Crippen LogP contribution is 2.32. The number of aliphatic hydroxyl groups excluding tert-OH is 2. The summed E-state index contributed by atoms with van der Waals surface area (Å²) in [5, 5.41) is 21.0. The molecule has 2 aromatic heterocycles. The molecule has 11 heteroatoms. The number of fused-ring (bicyclic) bond motifs is 1. The molecular weight excluding hydrogens is 352 g/mol. The third-order valence-corrected chi connectivity index (χ3v) is 4.81. The van der Waals surface area contributed by atoms with Crippen LogP contribution in [0.15, 0.2) is 12.7 Å². The minimum Gasteiger partial charge on any atom is -0.387 e. The fraction of sp³-hybridized carbons (Fsp3) is 0.688. The monoisotopic (exact) mass is 380 g/mol. The number of anilines is 1. The van der Waals surface area contributed by atoms with E-state index in [9.17, 15) is 10.2 Å². The molecule has 1 saturated heterocycles. The van der Waals surface area contributed by atoms with Gasteiger partial charge in [0, 0.05) is 19.6 Å². The fourth-order valence-electron chi connectivity index (χ4n) is 3.38. The van der Waals surface area contributed by atoms with Crippen LogP contribution in [-0.4, -0.2) is 85.7 Å². The molecule has 3 rings (SSSR count). The van der Waals surface area contributed by atoms with E-state index >= 15 is 0 Å². The second-order valence-electron chi connectivity index (χ2n) is 6.71. The van der Waals surface area contributed by atoms with Crippen molar-refractivity contribution in [3.8, 4) is 0 Å². The normalized spacial score (nSPS) is 25.7. The third-order valence-electron chi connectivity index (χ3n) is 4.81. The van der Waals surface area contributed by atoms with Crippen molar-refractivity contribution in [3.05, 3.63) is 12.7 Å². The van der Waals surface area contributed by atoms with E-state index in [1.807, 2.05) is 0 Å². The number of imidazole rings is 1. The molecule has 2 aromatic rings. The van der Waals surface area contributed by atoms with Crippen molar-refractivity contribution in [2.24, 2.45) is 11.5 Å². The van der Waals surface area contributed by atoms with E-state index < -0.39 is 24.5 Å². The number of ether oxygens (including phenoxy) is 1. The quantitative estimate of drug-likeness (QED) is 0.307. The summed E-state index contributed by atoms with van der Waals surface area (Å²) in [6, 6.07) is 0. The Morgan fingerprint density at radius 2 is 1.89 bits per heavy atom. The van der Waals surface area contributed by atoms with E-state index in [0.29, 0.717) is 37.3 Å². The van der Waals surface area contributed by atoms with Gasteiger partial charge in [0.25, 0.3) is 0 Å². The summed E-state index contributed by atoms with van der Waals surface area (Å²) in [7, 11) is 0. The van der Waals surface area contributed by atoms with Gasteiger partial charge in [0.05, 0.1) is 6.33 Å². The largest absolute Gasteiger partial charge is 0.387 e. The standard InChI is InChI=1S/C16H28N8O3/c17-3-1-2-5-23(6-4-18)7-10-12(25)13(26)16(27-10)24-9-22-11-14(19)20-8-21-15(11)24/h8-10,12-13,16,25-26H,1-7,17-18H2,(H2,19,20,21)/t10-,12-,13-,16-/m1/s1. The highest BCUT2D eigenvalue weighted by Gasteiger charge is 2.44. The number of aromatic nitrogens is 4. The zero-order valence-electron chi connectivity index (χ0n) is 15.2. The molecule has 27 heavy (non-hydrogen) atoms. The summed E-state index contributed by atoms with van der Waals surface area (Å²) in [4.78, 5) is 14.4. The Labute approximate surface area is 157 Å². The lowest BCUT2D eigenvalue weighted by molar-refractivity contribution is -0.0440. The molecule has 0 unspecified atom stereocenters. The van der Waals surface area contributed by atoms with Crippen LogP contribution in [0, 0.1) is 0 Å². The van der Waals surface area contributed by atoms with Gasteiger partial charge in [0.1, 0.15) is 30.2 Å². The molecule has 150 valence electrons. The number of nitrogens with two attached hydrogens (primary N) is 3. The maximum Gasteiger partial charge on any atom is 0.167 e. The van der Waals surface area contributed by atoms with E-state index in [0.717, 1.165) is 19.4 Å². The minimum atomic E-state index is -1.12. The number of hydrogen-bond acceptors (Lipinski definition) is 10. The predicted molar refractivity (Wildman–Crippen MR) is 99.4 cm³/mol. The van der Waals surface area contributed by atoms with Crippen molar-refractivity contribution < 1.29 is 14.9 Å². The molecule has 4 atom stereocenters. The average Bonchev–Trinajstić information content (AvgIpc) is 3.19. The molecule has 1 aliphatic heterocycles. The first-order valence-electron chi connectivity index (χ1n) is 9.14. The molecule has 1 fully saturated rings. The molecule has 0 bridgehead atoms. The van der Waals surface area contributed by atoms with Gasteiger partial charge in [-0.3, -0.25) is 9.47 Å². The Morgan fingerprint density at radius 3 is 2.63 bits per heavy atom. The number of rotatable bonds is 9. The Hall–Kier alpha value is -1.89. The number of nitrogen functional groups attached to an aromatic ring is 1. The zero-order chi connectivity index (χ0) is 19.4. The van der Waals surface area contributed by atoms with Gasteiger partial charge in [-0.05, 0) is 25.9 Å². The maximum absolute atomic E-state index is 10.5. The van der Waals surface area contributed by atoms with Crippen molar-refractivity contribution in [3.63, 3.8) is 0 Å². The predicted octanol–water partition coefficient (Wildman–Crippen LogP) is -1.97. The van der Waals surface area contributed by atoms with Gasteiger partial charge in [0.15, 0.2) is 17.7 Å². The van der Waals surface area contributed by atoms with E-state index in [4.69, 9.17) is 21.9 Å². The maximum atomic E-state index is 10.5. The lowest BCUT2D eigenvalue weighted by Crippen LogP contribution is -2.42. The second-order valence-corrected chi connectivity index (χ2v) is 6.71. The van der Waals surface area contributed by atoms with Crippen molar-refractivity contribution in [1.82, 2.24) is 24.4 Å². The second kappa shape index (κ2) is 8.87. The molecule has 0 spiro atoms. The van der Waals surface area contributed by atoms with Gasteiger partial charge in [0.2, 0.25) is 0 Å². The SMILES string of the molecule is NCCCCN(CCN)C[C@H]1O[C@@H](n2cnc3c(N)ncnc32)[C@H](O)[C@@H]1O. The molecule has 0 radical (unpaired) electrons. The molecular formula is C16H28N8O3. The molecule has 0 amide bonds. The molecule has 1 aliphatic rings. The van der Waals surface area contributed by atoms with Crippen LogP contribution < -0.4 is 17.2 Å². The molecule has 0 aromatic carbocycles. The number of unbranched alkanes of at least 4 members (excludes halogenated alkanes) is 1. The number of nitrogens with zero attached hydrogens (tertiary/aromatic N) is 5. The van der Waals surface area contributed by atoms with Crippen LogP contribution in [-0.2, 0) is 4.74 Å². The van der Waals surface area contributed by atoms with Crippen LogP contribution in [0.3, 0.4) is 0 Å². The Balaban J connectivity index is 1.73. The summed E-state index contributed by atoms with van der Waals surface area (Å²) >= 11 is 0.